The number of hydrogen-bond donors (Lipinski definition) is 1. The summed E-state index contributed by atoms with van der Waals surface area (Å²) in [6, 6.07) is 4.73. The van der Waals surface area contributed by atoms with Crippen molar-refractivity contribution in [3.8, 4) is 0 Å². The van der Waals surface area contributed by atoms with Gasteiger partial charge in [-0.25, -0.2) is 4.39 Å². The van der Waals surface area contributed by atoms with Gasteiger partial charge in [-0.05, 0) is 49.8 Å². The van der Waals surface area contributed by atoms with E-state index >= 15 is 0 Å². The number of halogens is 2. The predicted octanol–water partition coefficient (Wildman–Crippen LogP) is 4.44. The predicted molar refractivity (Wildman–Crippen MR) is 87.8 cm³/mol. The molecule has 0 aromatic heterocycles. The van der Waals surface area contributed by atoms with E-state index in [0.717, 1.165) is 22.9 Å². The third-order valence-corrected chi connectivity index (χ3v) is 5.29. The zero-order valence-corrected chi connectivity index (χ0v) is 14.5. The van der Waals surface area contributed by atoms with Crippen LogP contribution in [0, 0.1) is 11.7 Å². The molecule has 0 aliphatic heterocycles. The molecule has 21 heavy (non-hydrogen) atoms. The number of rotatable bonds is 5. The average molecular weight is 358 g/mol. The average Bonchev–Trinajstić information content (AvgIpc) is 2.42. The quantitative estimate of drug-likeness (QED) is 0.844. The fourth-order valence-electron chi connectivity index (χ4n) is 3.52. The van der Waals surface area contributed by atoms with Gasteiger partial charge in [0.15, 0.2) is 0 Å². The first-order valence-electron chi connectivity index (χ1n) is 7.80. The summed E-state index contributed by atoms with van der Waals surface area (Å²) in [5.41, 5.74) is 7.34. The number of hydrogen-bond acceptors (Lipinski definition) is 2. The molecule has 3 unspecified atom stereocenters. The summed E-state index contributed by atoms with van der Waals surface area (Å²) < 4.78 is 20.1. The van der Waals surface area contributed by atoms with Crippen LogP contribution in [0.4, 0.5) is 4.39 Å². The van der Waals surface area contributed by atoms with Crippen molar-refractivity contribution in [2.24, 2.45) is 11.7 Å². The van der Waals surface area contributed by atoms with Crippen LogP contribution in [0.15, 0.2) is 22.7 Å². The van der Waals surface area contributed by atoms with Crippen molar-refractivity contribution < 1.29 is 9.13 Å². The lowest BCUT2D eigenvalue weighted by Crippen LogP contribution is -2.53. The Morgan fingerprint density at radius 1 is 1.52 bits per heavy atom. The monoisotopic (exact) mass is 357 g/mol. The van der Waals surface area contributed by atoms with Gasteiger partial charge < -0.3 is 10.5 Å². The zero-order valence-electron chi connectivity index (χ0n) is 12.9. The third kappa shape index (κ3) is 4.05. The molecule has 1 aromatic carbocycles. The lowest BCUT2D eigenvalue weighted by molar-refractivity contribution is -0.0925. The van der Waals surface area contributed by atoms with E-state index in [2.05, 4.69) is 22.9 Å². The van der Waals surface area contributed by atoms with Crippen LogP contribution in [0.5, 0.6) is 0 Å². The van der Waals surface area contributed by atoms with Crippen molar-refractivity contribution >= 4 is 15.9 Å². The van der Waals surface area contributed by atoms with Crippen LogP contribution in [-0.2, 0) is 11.2 Å². The Morgan fingerprint density at radius 3 is 2.90 bits per heavy atom. The summed E-state index contributed by atoms with van der Waals surface area (Å²) in [4.78, 5) is 0. The molecule has 4 heteroatoms. The molecule has 2 rings (SSSR count). The van der Waals surface area contributed by atoms with Crippen LogP contribution in [0.3, 0.4) is 0 Å². The van der Waals surface area contributed by atoms with Crippen molar-refractivity contribution in [2.75, 3.05) is 6.61 Å². The normalized spacial score (nSPS) is 27.6. The van der Waals surface area contributed by atoms with Crippen molar-refractivity contribution in [1.82, 2.24) is 0 Å². The molecule has 2 nitrogen and oxygen atoms in total. The van der Waals surface area contributed by atoms with Gasteiger partial charge in [0.1, 0.15) is 5.82 Å². The first-order chi connectivity index (χ1) is 9.97. The molecule has 2 N–H and O–H groups in total. The van der Waals surface area contributed by atoms with Gasteiger partial charge in [-0.3, -0.25) is 0 Å². The van der Waals surface area contributed by atoms with E-state index in [4.69, 9.17) is 10.5 Å². The Hall–Kier alpha value is -0.450. The molecule has 118 valence electrons. The number of ether oxygens (including phenoxy) is 1. The van der Waals surface area contributed by atoms with Gasteiger partial charge in [-0.1, -0.05) is 41.8 Å². The Morgan fingerprint density at radius 2 is 2.29 bits per heavy atom. The van der Waals surface area contributed by atoms with E-state index in [9.17, 15) is 4.39 Å². The smallest absolute Gasteiger partial charge is 0.124 e. The lowest BCUT2D eigenvalue weighted by atomic mass is 9.73. The summed E-state index contributed by atoms with van der Waals surface area (Å²) in [6.45, 7) is 4.99. The second-order valence-corrected chi connectivity index (χ2v) is 7.10. The van der Waals surface area contributed by atoms with Crippen LogP contribution >= 0.6 is 15.9 Å². The van der Waals surface area contributed by atoms with Crippen LogP contribution in [0.2, 0.25) is 0 Å². The molecule has 0 saturated heterocycles. The first-order valence-corrected chi connectivity index (χ1v) is 8.59. The molecule has 0 spiro atoms. The molecule has 0 amide bonds. The highest BCUT2D eigenvalue weighted by molar-refractivity contribution is 9.10. The van der Waals surface area contributed by atoms with E-state index < -0.39 is 0 Å². The molecule has 0 bridgehead atoms. The summed E-state index contributed by atoms with van der Waals surface area (Å²) in [5.74, 6) is 0.415. The summed E-state index contributed by atoms with van der Waals surface area (Å²) in [6.07, 6.45) is 5.15. The second kappa shape index (κ2) is 7.21. The molecule has 1 saturated carbocycles. The van der Waals surface area contributed by atoms with Crippen LogP contribution in [0.1, 0.15) is 45.1 Å². The Labute approximate surface area is 135 Å². The minimum atomic E-state index is -0.236. The maximum Gasteiger partial charge on any atom is 0.124 e. The molecule has 0 radical (unpaired) electrons. The van der Waals surface area contributed by atoms with Crippen LogP contribution < -0.4 is 5.73 Å². The zero-order chi connectivity index (χ0) is 15.5. The van der Waals surface area contributed by atoms with Crippen molar-refractivity contribution in [3.63, 3.8) is 0 Å². The fourth-order valence-corrected chi connectivity index (χ4v) is 4.03. The summed E-state index contributed by atoms with van der Waals surface area (Å²) >= 11 is 3.43. The van der Waals surface area contributed by atoms with E-state index in [0.29, 0.717) is 18.9 Å². The topological polar surface area (TPSA) is 35.2 Å². The number of benzene rings is 1. The van der Waals surface area contributed by atoms with Gasteiger partial charge in [0, 0.05) is 17.1 Å². The molecular weight excluding hydrogens is 333 g/mol. The molecule has 1 fully saturated rings. The molecule has 1 aliphatic carbocycles. The van der Waals surface area contributed by atoms with Gasteiger partial charge >= 0.3 is 0 Å². The molecular formula is C17H25BrFNO. The maximum atomic E-state index is 13.2. The lowest BCUT2D eigenvalue weighted by Gasteiger charge is -2.44. The van der Waals surface area contributed by atoms with Gasteiger partial charge in [0.05, 0.1) is 5.60 Å². The van der Waals surface area contributed by atoms with Crippen molar-refractivity contribution in [3.05, 3.63) is 34.1 Å². The van der Waals surface area contributed by atoms with Crippen LogP contribution in [-0.4, -0.2) is 18.2 Å². The van der Waals surface area contributed by atoms with Gasteiger partial charge in [0.2, 0.25) is 0 Å². The van der Waals surface area contributed by atoms with E-state index in [1.54, 1.807) is 0 Å². The van der Waals surface area contributed by atoms with Gasteiger partial charge in [-0.2, -0.15) is 0 Å². The number of nitrogens with two attached hydrogens (primary N) is 1. The Balaban J connectivity index is 2.16. The Bertz CT molecular complexity index is 478. The first kappa shape index (κ1) is 16.9. The molecule has 1 aliphatic rings. The molecule has 3 atom stereocenters. The highest BCUT2D eigenvalue weighted by atomic mass is 79.9. The summed E-state index contributed by atoms with van der Waals surface area (Å²) in [5, 5.41) is 0. The molecule has 0 heterocycles. The van der Waals surface area contributed by atoms with E-state index in [1.165, 1.54) is 25.0 Å². The largest absolute Gasteiger partial charge is 0.374 e. The second-order valence-electron chi connectivity index (χ2n) is 6.25. The Kier molecular flexibility index (Phi) is 5.81. The summed E-state index contributed by atoms with van der Waals surface area (Å²) in [7, 11) is 0. The molecule has 1 aromatic rings. The highest BCUT2D eigenvalue weighted by Gasteiger charge is 2.41. The van der Waals surface area contributed by atoms with Gasteiger partial charge in [-0.15, -0.1) is 0 Å². The van der Waals surface area contributed by atoms with Crippen molar-refractivity contribution in [2.45, 2.75) is 57.6 Å². The third-order valence-electron chi connectivity index (χ3n) is 4.55. The minimum absolute atomic E-state index is 0.0676. The SMILES string of the molecule is CCOC1(C(N)Cc2ccc(F)cc2Br)CCCC(C)C1. The minimum Gasteiger partial charge on any atom is -0.374 e. The van der Waals surface area contributed by atoms with Crippen molar-refractivity contribution in [1.29, 1.82) is 0 Å². The van der Waals surface area contributed by atoms with Crippen LogP contribution in [0.25, 0.3) is 0 Å². The van der Waals surface area contributed by atoms with E-state index in [-0.39, 0.29) is 17.5 Å². The highest BCUT2D eigenvalue weighted by Crippen LogP contribution is 2.38. The fraction of sp³-hybridized carbons (Fsp3) is 0.647. The maximum absolute atomic E-state index is 13.2. The van der Waals surface area contributed by atoms with E-state index in [1.807, 2.05) is 13.0 Å². The standard InChI is InChI=1S/C17H25BrFNO/c1-3-21-17(8-4-5-12(2)11-17)16(20)9-13-6-7-14(19)10-15(13)18/h6-7,10,12,16H,3-5,8-9,11,20H2,1-2H3. The van der Waals surface area contributed by atoms with Gasteiger partial charge in [0.25, 0.3) is 0 Å².